The normalized spacial score (nSPS) is 15.7. The van der Waals surface area contributed by atoms with E-state index in [0.717, 1.165) is 0 Å². The Bertz CT molecular complexity index is 99.3. The first kappa shape index (κ1) is 13.0. The van der Waals surface area contributed by atoms with Gasteiger partial charge in [0.2, 0.25) is 0 Å². The molecule has 0 spiro atoms. The summed E-state index contributed by atoms with van der Waals surface area (Å²) in [6.07, 6.45) is 8.71. The van der Waals surface area contributed by atoms with Crippen LogP contribution in [0.1, 0.15) is 65.7 Å². The van der Waals surface area contributed by atoms with E-state index in [2.05, 4.69) is 13.8 Å². The summed E-state index contributed by atoms with van der Waals surface area (Å²) in [5.41, 5.74) is 0. The Labute approximate surface area is 83.5 Å². The summed E-state index contributed by atoms with van der Waals surface area (Å²) in [6.45, 7) is 6.38. The molecular formula is C12H26O. The fourth-order valence-corrected chi connectivity index (χ4v) is 1.75. The van der Waals surface area contributed by atoms with Crippen LogP contribution in [0.25, 0.3) is 0 Å². The molecule has 0 bridgehead atoms. The molecule has 0 aliphatic heterocycles. The van der Waals surface area contributed by atoms with E-state index < -0.39 is 0 Å². The molecule has 0 amide bonds. The molecule has 0 fully saturated rings. The number of rotatable bonds is 8. The van der Waals surface area contributed by atoms with Crippen molar-refractivity contribution in [3.05, 3.63) is 0 Å². The van der Waals surface area contributed by atoms with Crippen molar-refractivity contribution >= 4 is 0 Å². The fourth-order valence-electron chi connectivity index (χ4n) is 1.75. The van der Waals surface area contributed by atoms with Gasteiger partial charge in [0, 0.05) is 0 Å². The third kappa shape index (κ3) is 7.06. The van der Waals surface area contributed by atoms with Crippen molar-refractivity contribution in [2.75, 3.05) is 0 Å². The van der Waals surface area contributed by atoms with Crippen LogP contribution in [0.5, 0.6) is 0 Å². The molecule has 0 saturated carbocycles. The van der Waals surface area contributed by atoms with Gasteiger partial charge in [-0.15, -0.1) is 0 Å². The average Bonchev–Trinajstić information content (AvgIpc) is 2.10. The van der Waals surface area contributed by atoms with Gasteiger partial charge in [0.05, 0.1) is 6.10 Å². The Hall–Kier alpha value is -0.0400. The van der Waals surface area contributed by atoms with E-state index >= 15 is 0 Å². The molecule has 0 saturated heterocycles. The van der Waals surface area contributed by atoms with Crippen LogP contribution in [0.3, 0.4) is 0 Å². The third-order valence-corrected chi connectivity index (χ3v) is 2.79. The lowest BCUT2D eigenvalue weighted by molar-refractivity contribution is 0.111. The summed E-state index contributed by atoms with van der Waals surface area (Å²) in [6, 6.07) is 0. The standard InChI is InChI=1S/C12H26O/c1-4-6-8-10-12(11(3)13)9-7-5-2/h11-13H,4-10H2,1-3H3. The second kappa shape index (κ2) is 8.55. The van der Waals surface area contributed by atoms with Crippen LogP contribution in [-0.4, -0.2) is 11.2 Å². The van der Waals surface area contributed by atoms with Crippen molar-refractivity contribution in [1.82, 2.24) is 0 Å². The Morgan fingerprint density at radius 2 is 1.46 bits per heavy atom. The number of hydrogen-bond donors (Lipinski definition) is 1. The van der Waals surface area contributed by atoms with Crippen LogP contribution in [0.2, 0.25) is 0 Å². The summed E-state index contributed by atoms with van der Waals surface area (Å²) >= 11 is 0. The Morgan fingerprint density at radius 3 is 1.92 bits per heavy atom. The highest BCUT2D eigenvalue weighted by molar-refractivity contribution is 4.65. The number of unbranched alkanes of at least 4 members (excludes halogenated alkanes) is 3. The summed E-state index contributed by atoms with van der Waals surface area (Å²) < 4.78 is 0. The quantitative estimate of drug-likeness (QED) is 0.572. The maximum Gasteiger partial charge on any atom is 0.0540 e. The number of aliphatic hydroxyl groups is 1. The lowest BCUT2D eigenvalue weighted by Crippen LogP contribution is -2.16. The zero-order chi connectivity index (χ0) is 10.1. The second-order valence-corrected chi connectivity index (χ2v) is 4.14. The van der Waals surface area contributed by atoms with E-state index in [4.69, 9.17) is 0 Å². The molecule has 0 aliphatic rings. The molecule has 80 valence electrons. The topological polar surface area (TPSA) is 20.2 Å². The van der Waals surface area contributed by atoms with Crippen molar-refractivity contribution in [3.8, 4) is 0 Å². The molecule has 0 rings (SSSR count). The van der Waals surface area contributed by atoms with Gasteiger partial charge in [0.25, 0.3) is 0 Å². The fraction of sp³-hybridized carbons (Fsp3) is 1.00. The first-order chi connectivity index (χ1) is 6.22. The molecule has 1 N–H and O–H groups in total. The highest BCUT2D eigenvalue weighted by Crippen LogP contribution is 2.20. The van der Waals surface area contributed by atoms with Crippen LogP contribution in [0.4, 0.5) is 0 Å². The van der Waals surface area contributed by atoms with E-state index in [-0.39, 0.29) is 6.10 Å². The van der Waals surface area contributed by atoms with Gasteiger partial charge in [-0.25, -0.2) is 0 Å². The maximum absolute atomic E-state index is 9.54. The molecular weight excluding hydrogens is 160 g/mol. The largest absolute Gasteiger partial charge is 0.393 e. The van der Waals surface area contributed by atoms with Crippen LogP contribution in [0.15, 0.2) is 0 Å². The smallest absolute Gasteiger partial charge is 0.0540 e. The maximum atomic E-state index is 9.54. The van der Waals surface area contributed by atoms with Crippen LogP contribution in [-0.2, 0) is 0 Å². The molecule has 2 unspecified atom stereocenters. The van der Waals surface area contributed by atoms with E-state index in [1.165, 1.54) is 44.9 Å². The lowest BCUT2D eigenvalue weighted by Gasteiger charge is -2.19. The SMILES string of the molecule is CCCCCC(CCCC)C(C)O. The van der Waals surface area contributed by atoms with Gasteiger partial charge >= 0.3 is 0 Å². The Morgan fingerprint density at radius 1 is 0.923 bits per heavy atom. The molecule has 0 aromatic heterocycles. The molecule has 0 aliphatic carbocycles. The van der Waals surface area contributed by atoms with Crippen molar-refractivity contribution in [2.24, 2.45) is 5.92 Å². The minimum Gasteiger partial charge on any atom is -0.393 e. The summed E-state index contributed by atoms with van der Waals surface area (Å²) in [7, 11) is 0. The van der Waals surface area contributed by atoms with Gasteiger partial charge in [-0.05, 0) is 25.7 Å². The number of hydrogen-bond acceptors (Lipinski definition) is 1. The predicted molar refractivity (Wildman–Crippen MR) is 58.8 cm³/mol. The van der Waals surface area contributed by atoms with E-state index in [1.54, 1.807) is 0 Å². The van der Waals surface area contributed by atoms with Crippen molar-refractivity contribution in [3.63, 3.8) is 0 Å². The minimum absolute atomic E-state index is 0.108. The van der Waals surface area contributed by atoms with Crippen LogP contribution < -0.4 is 0 Å². The highest BCUT2D eigenvalue weighted by Gasteiger charge is 2.13. The molecule has 0 aromatic rings. The van der Waals surface area contributed by atoms with Gasteiger partial charge in [-0.2, -0.15) is 0 Å². The predicted octanol–water partition coefficient (Wildman–Crippen LogP) is 3.75. The average molecular weight is 186 g/mol. The molecule has 1 nitrogen and oxygen atoms in total. The third-order valence-electron chi connectivity index (χ3n) is 2.79. The highest BCUT2D eigenvalue weighted by atomic mass is 16.3. The first-order valence-corrected chi connectivity index (χ1v) is 5.90. The van der Waals surface area contributed by atoms with Crippen molar-refractivity contribution in [1.29, 1.82) is 0 Å². The zero-order valence-electron chi connectivity index (χ0n) is 9.55. The van der Waals surface area contributed by atoms with Gasteiger partial charge in [0.15, 0.2) is 0 Å². The lowest BCUT2D eigenvalue weighted by atomic mass is 9.91. The number of aliphatic hydroxyl groups excluding tert-OH is 1. The van der Waals surface area contributed by atoms with Gasteiger partial charge in [-0.1, -0.05) is 46.0 Å². The zero-order valence-corrected chi connectivity index (χ0v) is 9.55. The van der Waals surface area contributed by atoms with Gasteiger partial charge < -0.3 is 5.11 Å². The Balaban J connectivity index is 3.54. The molecule has 0 aromatic carbocycles. The Kier molecular flexibility index (Phi) is 8.53. The molecule has 13 heavy (non-hydrogen) atoms. The monoisotopic (exact) mass is 186 g/mol. The molecule has 1 heteroatoms. The van der Waals surface area contributed by atoms with E-state index in [9.17, 15) is 5.11 Å². The summed E-state index contributed by atoms with van der Waals surface area (Å²) in [5, 5.41) is 9.54. The van der Waals surface area contributed by atoms with Gasteiger partial charge in [-0.3, -0.25) is 0 Å². The van der Waals surface area contributed by atoms with Crippen molar-refractivity contribution < 1.29 is 5.11 Å². The first-order valence-electron chi connectivity index (χ1n) is 5.90. The van der Waals surface area contributed by atoms with Gasteiger partial charge in [0.1, 0.15) is 0 Å². The molecule has 2 atom stereocenters. The van der Waals surface area contributed by atoms with Crippen LogP contribution >= 0.6 is 0 Å². The second-order valence-electron chi connectivity index (χ2n) is 4.14. The van der Waals surface area contributed by atoms with Crippen LogP contribution in [0, 0.1) is 5.92 Å². The van der Waals surface area contributed by atoms with E-state index in [0.29, 0.717) is 5.92 Å². The van der Waals surface area contributed by atoms with Crippen molar-refractivity contribution in [2.45, 2.75) is 71.8 Å². The summed E-state index contributed by atoms with van der Waals surface area (Å²) in [5.74, 6) is 0.548. The molecule has 0 heterocycles. The minimum atomic E-state index is -0.108. The van der Waals surface area contributed by atoms with E-state index in [1.807, 2.05) is 6.92 Å². The molecule has 0 radical (unpaired) electrons. The summed E-state index contributed by atoms with van der Waals surface area (Å²) in [4.78, 5) is 0.